The Hall–Kier alpha value is -2.65. The van der Waals surface area contributed by atoms with Crippen LogP contribution in [0.25, 0.3) is 5.69 Å². The summed E-state index contributed by atoms with van der Waals surface area (Å²) in [6.07, 6.45) is 8.29. The second kappa shape index (κ2) is 5.80. The van der Waals surface area contributed by atoms with Crippen LogP contribution in [-0.4, -0.2) is 26.7 Å². The van der Waals surface area contributed by atoms with Gasteiger partial charge in [0, 0.05) is 6.42 Å². The fraction of sp³-hybridized carbons (Fsp3) is 0.154. The number of nitrogens with zero attached hydrogens (tertiary/aromatic N) is 3. The largest absolute Gasteiger partial charge is 0.323 e. The molecule has 0 saturated heterocycles. The molecule has 1 heterocycles. The maximum Gasteiger partial charge on any atom is 0.242 e. The van der Waals surface area contributed by atoms with E-state index >= 15 is 0 Å². The predicted octanol–water partition coefficient (Wildman–Crippen LogP) is 0.556. The average molecular weight is 255 g/mol. The van der Waals surface area contributed by atoms with Crippen molar-refractivity contribution in [1.29, 1.82) is 0 Å². The molecule has 1 amide bonds. The van der Waals surface area contributed by atoms with Gasteiger partial charge < -0.3 is 11.1 Å². The van der Waals surface area contributed by atoms with Gasteiger partial charge in [0.25, 0.3) is 0 Å². The van der Waals surface area contributed by atoms with Crippen LogP contribution < -0.4 is 11.1 Å². The van der Waals surface area contributed by atoms with Crippen LogP contribution in [0.1, 0.15) is 6.42 Å². The zero-order valence-corrected chi connectivity index (χ0v) is 10.2. The van der Waals surface area contributed by atoms with Crippen LogP contribution in [0.2, 0.25) is 0 Å². The maximum atomic E-state index is 11.8. The van der Waals surface area contributed by atoms with Gasteiger partial charge in [-0.3, -0.25) is 4.79 Å². The second-order valence-electron chi connectivity index (χ2n) is 3.86. The van der Waals surface area contributed by atoms with Gasteiger partial charge in [0.05, 0.1) is 17.4 Å². The number of aromatic nitrogens is 3. The van der Waals surface area contributed by atoms with Crippen molar-refractivity contribution in [3.8, 4) is 18.0 Å². The predicted molar refractivity (Wildman–Crippen MR) is 71.4 cm³/mol. The van der Waals surface area contributed by atoms with E-state index in [4.69, 9.17) is 12.2 Å². The number of nitrogens with one attached hydrogen (secondary N) is 1. The van der Waals surface area contributed by atoms with Crippen LogP contribution in [0.15, 0.2) is 36.9 Å². The number of anilines is 1. The SMILES string of the molecule is C#CCC(N)C(=O)Nc1ccccc1-n1cncn1. The van der Waals surface area contributed by atoms with Crippen molar-refractivity contribution >= 4 is 11.6 Å². The van der Waals surface area contributed by atoms with E-state index in [-0.39, 0.29) is 12.3 Å². The lowest BCUT2D eigenvalue weighted by Gasteiger charge is -2.13. The molecule has 2 aromatic rings. The highest BCUT2D eigenvalue weighted by Gasteiger charge is 2.14. The van der Waals surface area contributed by atoms with E-state index in [1.165, 1.54) is 6.33 Å². The average Bonchev–Trinajstić information content (AvgIpc) is 2.93. The molecule has 2 rings (SSSR count). The molecule has 0 aliphatic rings. The number of para-hydroxylation sites is 2. The first-order valence-corrected chi connectivity index (χ1v) is 5.66. The van der Waals surface area contributed by atoms with Crippen LogP contribution in [-0.2, 0) is 4.79 Å². The van der Waals surface area contributed by atoms with Crippen molar-refractivity contribution < 1.29 is 4.79 Å². The molecule has 6 heteroatoms. The van der Waals surface area contributed by atoms with Gasteiger partial charge in [-0.1, -0.05) is 12.1 Å². The minimum Gasteiger partial charge on any atom is -0.323 e. The lowest BCUT2D eigenvalue weighted by Crippen LogP contribution is -2.35. The van der Waals surface area contributed by atoms with Crippen molar-refractivity contribution in [2.75, 3.05) is 5.32 Å². The summed E-state index contributed by atoms with van der Waals surface area (Å²) in [6, 6.07) is 6.50. The van der Waals surface area contributed by atoms with E-state index in [1.807, 2.05) is 18.2 Å². The first-order valence-electron chi connectivity index (χ1n) is 5.66. The lowest BCUT2D eigenvalue weighted by atomic mass is 10.2. The van der Waals surface area contributed by atoms with Gasteiger partial charge >= 0.3 is 0 Å². The van der Waals surface area contributed by atoms with Gasteiger partial charge in [0.2, 0.25) is 5.91 Å². The zero-order valence-electron chi connectivity index (χ0n) is 10.2. The Kier molecular flexibility index (Phi) is 3.90. The minimum atomic E-state index is -0.728. The van der Waals surface area contributed by atoms with E-state index in [2.05, 4.69) is 21.3 Å². The van der Waals surface area contributed by atoms with Crippen LogP contribution in [0.4, 0.5) is 5.69 Å². The Labute approximate surface area is 110 Å². The van der Waals surface area contributed by atoms with Crippen LogP contribution in [0.5, 0.6) is 0 Å². The number of nitrogens with two attached hydrogens (primary N) is 1. The summed E-state index contributed by atoms with van der Waals surface area (Å²) in [5.74, 6) is 2.03. The summed E-state index contributed by atoms with van der Waals surface area (Å²) in [5.41, 5.74) is 6.97. The Bertz CT molecular complexity index is 600. The summed E-state index contributed by atoms with van der Waals surface area (Å²) < 4.78 is 1.56. The number of carbonyl (C=O) groups is 1. The molecular formula is C13H13N5O. The van der Waals surface area contributed by atoms with Crippen molar-refractivity contribution in [2.24, 2.45) is 5.73 Å². The summed E-state index contributed by atoms with van der Waals surface area (Å²) in [6.45, 7) is 0. The molecule has 0 saturated carbocycles. The quantitative estimate of drug-likeness (QED) is 0.781. The lowest BCUT2D eigenvalue weighted by molar-refractivity contribution is -0.117. The molecule has 19 heavy (non-hydrogen) atoms. The van der Waals surface area contributed by atoms with Gasteiger partial charge in [-0.25, -0.2) is 9.67 Å². The Morgan fingerprint density at radius 2 is 2.32 bits per heavy atom. The standard InChI is InChI=1S/C13H13N5O/c1-2-5-10(14)13(19)17-11-6-3-4-7-12(11)18-9-15-8-16-18/h1,3-4,6-10H,5,14H2,(H,17,19). The van der Waals surface area contributed by atoms with E-state index in [9.17, 15) is 4.79 Å². The van der Waals surface area contributed by atoms with E-state index in [1.54, 1.807) is 17.1 Å². The molecule has 0 spiro atoms. The summed E-state index contributed by atoms with van der Waals surface area (Å²) in [7, 11) is 0. The third-order valence-electron chi connectivity index (χ3n) is 2.50. The summed E-state index contributed by atoms with van der Waals surface area (Å²) in [5, 5.41) is 6.76. The Morgan fingerprint density at radius 1 is 1.53 bits per heavy atom. The summed E-state index contributed by atoms with van der Waals surface area (Å²) >= 11 is 0. The Balaban J connectivity index is 2.22. The molecule has 0 fully saturated rings. The smallest absolute Gasteiger partial charge is 0.242 e. The molecule has 3 N–H and O–H groups in total. The van der Waals surface area contributed by atoms with Gasteiger partial charge in [-0.15, -0.1) is 12.3 Å². The van der Waals surface area contributed by atoms with Crippen LogP contribution in [0, 0.1) is 12.3 Å². The molecule has 0 radical (unpaired) electrons. The van der Waals surface area contributed by atoms with Crippen LogP contribution in [0.3, 0.4) is 0 Å². The number of hydrogen-bond acceptors (Lipinski definition) is 4. The molecule has 1 aromatic carbocycles. The number of rotatable bonds is 4. The van der Waals surface area contributed by atoms with Crippen molar-refractivity contribution in [2.45, 2.75) is 12.5 Å². The maximum absolute atomic E-state index is 11.8. The minimum absolute atomic E-state index is 0.192. The summed E-state index contributed by atoms with van der Waals surface area (Å²) in [4.78, 5) is 15.7. The van der Waals surface area contributed by atoms with Gasteiger partial charge in [0.1, 0.15) is 12.7 Å². The molecule has 6 nitrogen and oxygen atoms in total. The van der Waals surface area contributed by atoms with Crippen molar-refractivity contribution in [3.05, 3.63) is 36.9 Å². The van der Waals surface area contributed by atoms with E-state index < -0.39 is 6.04 Å². The highest BCUT2D eigenvalue weighted by atomic mass is 16.2. The molecule has 0 aliphatic heterocycles. The van der Waals surface area contributed by atoms with Gasteiger partial charge in [-0.05, 0) is 12.1 Å². The third kappa shape index (κ3) is 2.97. The fourth-order valence-electron chi connectivity index (χ4n) is 1.56. The molecule has 0 aliphatic carbocycles. The molecule has 1 atom stereocenters. The normalized spacial score (nSPS) is 11.6. The van der Waals surface area contributed by atoms with Gasteiger partial charge in [0.15, 0.2) is 0 Å². The van der Waals surface area contributed by atoms with Crippen molar-refractivity contribution in [1.82, 2.24) is 14.8 Å². The number of amides is 1. The molecule has 1 unspecified atom stereocenters. The Morgan fingerprint density at radius 3 is 3.00 bits per heavy atom. The molecular weight excluding hydrogens is 242 g/mol. The van der Waals surface area contributed by atoms with Crippen LogP contribution >= 0.6 is 0 Å². The number of carbonyl (C=O) groups excluding carboxylic acids is 1. The number of benzene rings is 1. The first kappa shape index (κ1) is 12.8. The zero-order chi connectivity index (χ0) is 13.7. The second-order valence-corrected chi connectivity index (χ2v) is 3.86. The number of terminal acetylenes is 1. The fourth-order valence-corrected chi connectivity index (χ4v) is 1.56. The van der Waals surface area contributed by atoms with Gasteiger partial charge in [-0.2, -0.15) is 5.10 Å². The molecule has 1 aromatic heterocycles. The topological polar surface area (TPSA) is 85.8 Å². The molecule has 0 bridgehead atoms. The molecule has 96 valence electrons. The van der Waals surface area contributed by atoms with Crippen molar-refractivity contribution in [3.63, 3.8) is 0 Å². The monoisotopic (exact) mass is 255 g/mol. The highest BCUT2D eigenvalue weighted by Crippen LogP contribution is 2.18. The van der Waals surface area contributed by atoms with E-state index in [0.29, 0.717) is 11.4 Å². The first-order chi connectivity index (χ1) is 9.22. The van der Waals surface area contributed by atoms with E-state index in [0.717, 1.165) is 0 Å². The third-order valence-corrected chi connectivity index (χ3v) is 2.50. The highest BCUT2D eigenvalue weighted by molar-refractivity contribution is 5.96. The number of hydrogen-bond donors (Lipinski definition) is 2.